The fourth-order valence-electron chi connectivity index (χ4n) is 1.29. The van der Waals surface area contributed by atoms with Crippen molar-refractivity contribution in [3.8, 4) is 5.75 Å². The molecular weight excluding hydrogens is 184 g/mol. The zero-order valence-electron chi connectivity index (χ0n) is 7.07. The van der Waals surface area contributed by atoms with Crippen molar-refractivity contribution in [1.29, 1.82) is 0 Å². The maximum absolute atomic E-state index is 11.2. The predicted molar refractivity (Wildman–Crippen MR) is 53.5 cm³/mol. The Morgan fingerprint density at radius 3 is 2.92 bits per heavy atom. The Bertz CT molecular complexity index is 471. The van der Waals surface area contributed by atoms with E-state index in [4.69, 9.17) is 0 Å². The molecule has 2 rings (SSSR count). The number of Topliss-reactive ketones (excluding diaryl/α,β-unsaturated/α-hetero) is 1. The van der Waals surface area contributed by atoms with Gasteiger partial charge in [-0.2, -0.15) is 0 Å². The maximum atomic E-state index is 11.2. The lowest BCUT2D eigenvalue weighted by atomic mass is 10.1. The van der Waals surface area contributed by atoms with Crippen LogP contribution < -0.4 is 0 Å². The van der Waals surface area contributed by atoms with E-state index in [1.165, 1.54) is 18.3 Å². The van der Waals surface area contributed by atoms with Gasteiger partial charge >= 0.3 is 0 Å². The lowest BCUT2D eigenvalue weighted by molar-refractivity contribution is 0.101. The van der Waals surface area contributed by atoms with Gasteiger partial charge in [-0.05, 0) is 25.1 Å². The topological polar surface area (TPSA) is 37.3 Å². The number of hydrogen-bond acceptors (Lipinski definition) is 3. The van der Waals surface area contributed by atoms with Crippen molar-refractivity contribution >= 4 is 27.2 Å². The van der Waals surface area contributed by atoms with E-state index in [9.17, 15) is 9.90 Å². The molecule has 3 heteroatoms. The summed E-state index contributed by atoms with van der Waals surface area (Å²) < 4.78 is 1.03. The van der Waals surface area contributed by atoms with Crippen LogP contribution in [0.2, 0.25) is 0 Å². The van der Waals surface area contributed by atoms with Crippen molar-refractivity contribution in [2.45, 2.75) is 6.92 Å². The number of thiophene rings is 1. The Kier molecular flexibility index (Phi) is 1.81. The SMILES string of the molecule is CC(=O)c1csc2ccc(O)cc12. The molecule has 0 fully saturated rings. The third-order valence-electron chi connectivity index (χ3n) is 1.94. The fraction of sp³-hybridized carbons (Fsp3) is 0.100. The first-order valence-corrected chi connectivity index (χ1v) is 4.77. The average Bonchev–Trinajstić information content (AvgIpc) is 2.46. The zero-order valence-corrected chi connectivity index (χ0v) is 7.89. The van der Waals surface area contributed by atoms with E-state index in [0.29, 0.717) is 5.56 Å². The van der Waals surface area contributed by atoms with Gasteiger partial charge in [-0.25, -0.2) is 0 Å². The van der Waals surface area contributed by atoms with Crippen molar-refractivity contribution < 1.29 is 9.90 Å². The molecule has 0 aliphatic heterocycles. The highest BCUT2D eigenvalue weighted by Crippen LogP contribution is 2.29. The number of hydrogen-bond donors (Lipinski definition) is 1. The average molecular weight is 192 g/mol. The largest absolute Gasteiger partial charge is 0.508 e. The summed E-state index contributed by atoms with van der Waals surface area (Å²) >= 11 is 1.52. The first kappa shape index (κ1) is 8.26. The van der Waals surface area contributed by atoms with Gasteiger partial charge in [0.2, 0.25) is 0 Å². The number of ketones is 1. The minimum atomic E-state index is 0.0388. The van der Waals surface area contributed by atoms with E-state index in [2.05, 4.69) is 0 Å². The number of aromatic hydroxyl groups is 1. The molecule has 0 spiro atoms. The monoisotopic (exact) mass is 192 g/mol. The summed E-state index contributed by atoms with van der Waals surface area (Å²) in [5.41, 5.74) is 0.691. The molecule has 2 nitrogen and oxygen atoms in total. The van der Waals surface area contributed by atoms with Crippen LogP contribution in [0.25, 0.3) is 10.1 Å². The highest BCUT2D eigenvalue weighted by Gasteiger charge is 2.07. The predicted octanol–water partition coefficient (Wildman–Crippen LogP) is 2.81. The first-order chi connectivity index (χ1) is 6.18. The Morgan fingerprint density at radius 2 is 2.23 bits per heavy atom. The number of fused-ring (bicyclic) bond motifs is 1. The van der Waals surface area contributed by atoms with Gasteiger partial charge in [0.1, 0.15) is 5.75 Å². The minimum Gasteiger partial charge on any atom is -0.508 e. The van der Waals surface area contributed by atoms with Crippen LogP contribution in [-0.4, -0.2) is 10.9 Å². The van der Waals surface area contributed by atoms with E-state index < -0.39 is 0 Å². The van der Waals surface area contributed by atoms with Crippen molar-refractivity contribution in [2.75, 3.05) is 0 Å². The molecule has 1 heterocycles. The zero-order chi connectivity index (χ0) is 9.42. The fourth-order valence-corrected chi connectivity index (χ4v) is 2.27. The van der Waals surface area contributed by atoms with Crippen LogP contribution in [0.4, 0.5) is 0 Å². The van der Waals surface area contributed by atoms with Gasteiger partial charge in [-0.15, -0.1) is 11.3 Å². The van der Waals surface area contributed by atoms with Crippen molar-refractivity contribution in [2.24, 2.45) is 0 Å². The van der Waals surface area contributed by atoms with E-state index in [1.807, 2.05) is 11.4 Å². The van der Waals surface area contributed by atoms with Crippen LogP contribution >= 0.6 is 11.3 Å². The number of carbonyl (C=O) groups is 1. The molecule has 1 aromatic carbocycles. The number of rotatable bonds is 1. The highest BCUT2D eigenvalue weighted by atomic mass is 32.1. The number of benzene rings is 1. The van der Waals surface area contributed by atoms with Crippen molar-refractivity contribution in [3.63, 3.8) is 0 Å². The minimum absolute atomic E-state index is 0.0388. The lowest BCUT2D eigenvalue weighted by Crippen LogP contribution is -1.87. The number of phenolic OH excluding ortho intramolecular Hbond substituents is 1. The standard InChI is InChI=1S/C10H8O2S/c1-6(11)9-5-13-10-3-2-7(12)4-8(9)10/h2-5,12H,1H3. The van der Waals surface area contributed by atoms with Crippen LogP contribution in [0.1, 0.15) is 17.3 Å². The summed E-state index contributed by atoms with van der Waals surface area (Å²) in [5.74, 6) is 0.241. The van der Waals surface area contributed by atoms with E-state index in [1.54, 1.807) is 12.1 Å². The second-order valence-electron chi connectivity index (χ2n) is 2.89. The van der Waals surface area contributed by atoms with Crippen molar-refractivity contribution in [3.05, 3.63) is 29.1 Å². The van der Waals surface area contributed by atoms with Crippen LogP contribution in [0.5, 0.6) is 5.75 Å². The first-order valence-electron chi connectivity index (χ1n) is 3.89. The summed E-state index contributed by atoms with van der Waals surface area (Å²) in [6.07, 6.45) is 0. The summed E-state index contributed by atoms with van der Waals surface area (Å²) in [4.78, 5) is 11.2. The summed E-state index contributed by atoms with van der Waals surface area (Å²) in [7, 11) is 0. The van der Waals surface area contributed by atoms with Crippen LogP contribution in [0.3, 0.4) is 0 Å². The van der Waals surface area contributed by atoms with Gasteiger partial charge in [-0.3, -0.25) is 4.79 Å². The molecule has 0 aliphatic rings. The van der Waals surface area contributed by atoms with Gasteiger partial charge in [0, 0.05) is 21.0 Å². The smallest absolute Gasteiger partial charge is 0.161 e. The normalized spacial score (nSPS) is 10.5. The second kappa shape index (κ2) is 2.85. The Morgan fingerprint density at radius 1 is 1.46 bits per heavy atom. The third kappa shape index (κ3) is 1.31. The molecule has 1 N–H and O–H groups in total. The molecule has 0 aliphatic carbocycles. The second-order valence-corrected chi connectivity index (χ2v) is 3.80. The Balaban J connectivity index is 2.79. The van der Waals surface area contributed by atoms with Gasteiger partial charge in [0.05, 0.1) is 0 Å². The molecular formula is C10H8O2S. The van der Waals surface area contributed by atoms with Crippen molar-refractivity contribution in [1.82, 2.24) is 0 Å². The molecule has 0 radical (unpaired) electrons. The molecule has 0 unspecified atom stereocenters. The number of carbonyl (C=O) groups excluding carboxylic acids is 1. The molecule has 0 atom stereocenters. The highest BCUT2D eigenvalue weighted by molar-refractivity contribution is 7.17. The molecule has 0 saturated carbocycles. The Hall–Kier alpha value is -1.35. The van der Waals surface area contributed by atoms with Gasteiger partial charge < -0.3 is 5.11 Å². The van der Waals surface area contributed by atoms with Crippen LogP contribution in [-0.2, 0) is 0 Å². The summed E-state index contributed by atoms with van der Waals surface area (Å²) in [5, 5.41) is 11.9. The molecule has 1 aromatic heterocycles. The van der Waals surface area contributed by atoms with E-state index in [0.717, 1.165) is 10.1 Å². The molecule has 2 aromatic rings. The molecule has 66 valence electrons. The molecule has 0 saturated heterocycles. The van der Waals surface area contributed by atoms with Gasteiger partial charge in [0.15, 0.2) is 5.78 Å². The van der Waals surface area contributed by atoms with E-state index in [-0.39, 0.29) is 11.5 Å². The summed E-state index contributed by atoms with van der Waals surface area (Å²) in [6.45, 7) is 1.53. The van der Waals surface area contributed by atoms with Crippen LogP contribution in [0, 0.1) is 0 Å². The molecule has 0 bridgehead atoms. The maximum Gasteiger partial charge on any atom is 0.161 e. The van der Waals surface area contributed by atoms with Gasteiger partial charge in [0.25, 0.3) is 0 Å². The van der Waals surface area contributed by atoms with E-state index >= 15 is 0 Å². The Labute approximate surface area is 79.4 Å². The number of phenols is 1. The molecule has 0 amide bonds. The quantitative estimate of drug-likeness (QED) is 0.705. The lowest BCUT2D eigenvalue weighted by Gasteiger charge is -1.94. The third-order valence-corrected chi connectivity index (χ3v) is 2.90. The molecule has 13 heavy (non-hydrogen) atoms. The summed E-state index contributed by atoms with van der Waals surface area (Å²) in [6, 6.07) is 5.08. The van der Waals surface area contributed by atoms with Gasteiger partial charge in [-0.1, -0.05) is 0 Å². The van der Waals surface area contributed by atoms with Crippen LogP contribution in [0.15, 0.2) is 23.6 Å².